The maximum Gasteiger partial charge on any atom is 0.303 e. The van der Waals surface area contributed by atoms with Gasteiger partial charge in [-0.3, -0.25) is 9.59 Å². The molecule has 2 N–H and O–H groups in total. The van der Waals surface area contributed by atoms with Crippen molar-refractivity contribution in [3.8, 4) is 0 Å². The van der Waals surface area contributed by atoms with Crippen LogP contribution in [0, 0.1) is 29.1 Å². The highest BCUT2D eigenvalue weighted by Crippen LogP contribution is 2.61. The van der Waals surface area contributed by atoms with Gasteiger partial charge in [0.15, 0.2) is 5.78 Å². The van der Waals surface area contributed by atoms with Crippen molar-refractivity contribution in [1.29, 1.82) is 0 Å². The van der Waals surface area contributed by atoms with E-state index in [1.807, 2.05) is 6.08 Å². The molecule has 4 aliphatic rings. The molecule has 0 bridgehead atoms. The first-order chi connectivity index (χ1) is 18.4. The summed E-state index contributed by atoms with van der Waals surface area (Å²) in [6, 6.07) is 0. The third kappa shape index (κ3) is 8.93. The van der Waals surface area contributed by atoms with E-state index in [4.69, 9.17) is 5.11 Å². The van der Waals surface area contributed by atoms with Crippen LogP contribution in [0.5, 0.6) is 0 Å². The SMILES string of the molecule is CCCCCCCCCCCCCCCC(=O)O.C[C@]12CC[C@H]3[C@@H](CCC4=CC(=O)CC[C@@H]43)[C@@H]1CC[C@@H]2O. The highest BCUT2D eigenvalue weighted by Gasteiger charge is 2.55. The molecule has 4 heteroatoms. The largest absolute Gasteiger partial charge is 0.481 e. The predicted molar refractivity (Wildman–Crippen MR) is 156 cm³/mol. The zero-order chi connectivity index (χ0) is 27.4. The summed E-state index contributed by atoms with van der Waals surface area (Å²) in [5.41, 5.74) is 1.65. The van der Waals surface area contributed by atoms with Crippen LogP contribution in [-0.4, -0.2) is 28.1 Å². The van der Waals surface area contributed by atoms with Gasteiger partial charge in [-0.25, -0.2) is 0 Å². The number of carbonyl (C=O) groups is 2. The van der Waals surface area contributed by atoms with Crippen molar-refractivity contribution >= 4 is 11.8 Å². The number of aliphatic carboxylic acids is 1. The van der Waals surface area contributed by atoms with Crippen LogP contribution in [0.25, 0.3) is 0 Å². The Bertz CT molecular complexity index is 758. The van der Waals surface area contributed by atoms with Gasteiger partial charge in [0, 0.05) is 12.8 Å². The lowest BCUT2D eigenvalue weighted by Crippen LogP contribution is -2.47. The normalized spacial score (nSPS) is 31.9. The molecule has 0 aliphatic heterocycles. The molecule has 38 heavy (non-hydrogen) atoms. The average Bonchev–Trinajstić information content (AvgIpc) is 3.21. The molecule has 3 saturated carbocycles. The van der Waals surface area contributed by atoms with Crippen molar-refractivity contribution in [2.45, 2.75) is 161 Å². The summed E-state index contributed by atoms with van der Waals surface area (Å²) < 4.78 is 0. The van der Waals surface area contributed by atoms with Crippen LogP contribution in [0.15, 0.2) is 11.6 Å². The first kappa shape index (κ1) is 31.4. The second-order valence-electron chi connectivity index (χ2n) is 13.3. The summed E-state index contributed by atoms with van der Waals surface area (Å²) in [5.74, 6) is 2.72. The van der Waals surface area contributed by atoms with E-state index < -0.39 is 5.97 Å². The second-order valence-corrected chi connectivity index (χ2v) is 13.3. The molecule has 0 aromatic heterocycles. The van der Waals surface area contributed by atoms with Gasteiger partial charge in [-0.15, -0.1) is 0 Å². The number of unbranched alkanes of at least 4 members (excludes halogenated alkanes) is 12. The lowest BCUT2D eigenvalue weighted by atomic mass is 9.52. The van der Waals surface area contributed by atoms with Crippen molar-refractivity contribution in [1.82, 2.24) is 0 Å². The van der Waals surface area contributed by atoms with Gasteiger partial charge in [-0.1, -0.05) is 96.5 Å². The molecule has 0 spiro atoms. The predicted octanol–water partition coefficient (Wildman–Crippen LogP) is 9.04. The number of carboxylic acids is 1. The number of hydrogen-bond donors (Lipinski definition) is 2. The Balaban J connectivity index is 0.000000213. The number of fused-ring (bicyclic) bond motifs is 5. The minimum Gasteiger partial charge on any atom is -0.481 e. The monoisotopic (exact) mass is 530 g/mol. The van der Waals surface area contributed by atoms with E-state index in [2.05, 4.69) is 13.8 Å². The van der Waals surface area contributed by atoms with E-state index in [1.165, 1.54) is 102 Å². The summed E-state index contributed by atoms with van der Waals surface area (Å²) in [6.07, 6.45) is 28.1. The molecule has 218 valence electrons. The third-order valence-corrected chi connectivity index (χ3v) is 10.7. The summed E-state index contributed by atoms with van der Waals surface area (Å²) in [7, 11) is 0. The zero-order valence-electron chi connectivity index (χ0n) is 24.7. The molecular formula is C34H58O4. The van der Waals surface area contributed by atoms with Crippen LogP contribution in [0.3, 0.4) is 0 Å². The van der Waals surface area contributed by atoms with Gasteiger partial charge in [-0.05, 0) is 86.5 Å². The molecule has 4 aliphatic carbocycles. The first-order valence-corrected chi connectivity index (χ1v) is 16.5. The Labute approximate surface area is 233 Å². The van der Waals surface area contributed by atoms with E-state index in [0.29, 0.717) is 18.1 Å². The van der Waals surface area contributed by atoms with Crippen LogP contribution >= 0.6 is 0 Å². The molecule has 0 heterocycles. The van der Waals surface area contributed by atoms with Gasteiger partial charge in [0.25, 0.3) is 0 Å². The number of carboxylic acid groups (broad SMARTS) is 1. The molecule has 4 nitrogen and oxygen atoms in total. The van der Waals surface area contributed by atoms with Gasteiger partial charge in [0.1, 0.15) is 0 Å². The number of aliphatic hydroxyl groups excluding tert-OH is 1. The van der Waals surface area contributed by atoms with Crippen molar-refractivity contribution in [2.24, 2.45) is 29.1 Å². The van der Waals surface area contributed by atoms with Crippen molar-refractivity contribution < 1.29 is 19.8 Å². The molecule has 0 unspecified atom stereocenters. The fourth-order valence-electron chi connectivity index (χ4n) is 8.45. The van der Waals surface area contributed by atoms with Crippen molar-refractivity contribution in [3.63, 3.8) is 0 Å². The summed E-state index contributed by atoms with van der Waals surface area (Å²) in [6.45, 7) is 4.60. The molecule has 0 aromatic rings. The number of aliphatic hydroxyl groups is 1. The molecule has 6 atom stereocenters. The lowest BCUT2D eigenvalue weighted by Gasteiger charge is -2.53. The first-order valence-electron chi connectivity index (χ1n) is 16.5. The highest BCUT2D eigenvalue weighted by molar-refractivity contribution is 5.91. The summed E-state index contributed by atoms with van der Waals surface area (Å²) in [4.78, 5) is 21.9. The summed E-state index contributed by atoms with van der Waals surface area (Å²) >= 11 is 0. The quantitative estimate of drug-likeness (QED) is 0.220. The van der Waals surface area contributed by atoms with Crippen LogP contribution in [0.2, 0.25) is 0 Å². The molecular weight excluding hydrogens is 472 g/mol. The maximum atomic E-state index is 11.6. The van der Waals surface area contributed by atoms with Gasteiger partial charge in [-0.2, -0.15) is 0 Å². The lowest BCUT2D eigenvalue weighted by molar-refractivity contribution is -0.137. The number of carbonyl (C=O) groups excluding carboxylic acids is 1. The number of ketones is 1. The topological polar surface area (TPSA) is 74.6 Å². The highest BCUT2D eigenvalue weighted by atomic mass is 16.4. The third-order valence-electron chi connectivity index (χ3n) is 10.7. The Morgan fingerprint density at radius 1 is 0.816 bits per heavy atom. The second kappa shape index (κ2) is 16.2. The van der Waals surface area contributed by atoms with Crippen LogP contribution in [-0.2, 0) is 9.59 Å². The van der Waals surface area contributed by atoms with Crippen LogP contribution < -0.4 is 0 Å². The number of allylic oxidation sites excluding steroid dienone is 1. The van der Waals surface area contributed by atoms with Crippen molar-refractivity contribution in [2.75, 3.05) is 0 Å². The summed E-state index contributed by atoms with van der Waals surface area (Å²) in [5, 5.41) is 18.9. The van der Waals surface area contributed by atoms with Crippen LogP contribution in [0.1, 0.15) is 155 Å². The smallest absolute Gasteiger partial charge is 0.303 e. The van der Waals surface area contributed by atoms with Gasteiger partial charge in [0.2, 0.25) is 0 Å². The molecule has 0 radical (unpaired) electrons. The van der Waals surface area contributed by atoms with Gasteiger partial charge < -0.3 is 10.2 Å². The van der Waals surface area contributed by atoms with E-state index >= 15 is 0 Å². The molecule has 4 rings (SSSR count). The number of hydrogen-bond acceptors (Lipinski definition) is 3. The standard InChI is InChI=1S/C18H26O2.C16H32O2/c1-18-9-8-14-13-5-3-12(19)10-11(13)2-4-15(14)16(18)6-7-17(18)20;1-2-3-4-5-6-7-8-9-10-11-12-13-14-15-16(17)18/h10,13-17,20H,2-9H2,1H3;2-15H2,1H3,(H,17,18)/t13-,14+,15+,16-,17-,18-;/m0./s1. The van der Waals surface area contributed by atoms with Crippen molar-refractivity contribution in [3.05, 3.63) is 11.6 Å². The Morgan fingerprint density at radius 3 is 2.03 bits per heavy atom. The van der Waals surface area contributed by atoms with Gasteiger partial charge in [0.05, 0.1) is 6.10 Å². The molecule has 0 aromatic carbocycles. The Morgan fingerprint density at radius 2 is 1.42 bits per heavy atom. The molecule has 0 amide bonds. The van der Waals surface area contributed by atoms with E-state index in [9.17, 15) is 14.7 Å². The Hall–Kier alpha value is -1.16. The minimum absolute atomic E-state index is 0.0710. The maximum absolute atomic E-state index is 11.6. The van der Waals surface area contributed by atoms with Gasteiger partial charge >= 0.3 is 5.97 Å². The fourth-order valence-corrected chi connectivity index (χ4v) is 8.45. The fraction of sp³-hybridized carbons (Fsp3) is 0.882. The van der Waals surface area contributed by atoms with E-state index in [0.717, 1.165) is 56.3 Å². The Kier molecular flexibility index (Phi) is 13.4. The number of rotatable bonds is 14. The van der Waals surface area contributed by atoms with E-state index in [-0.39, 0.29) is 11.5 Å². The average molecular weight is 531 g/mol. The minimum atomic E-state index is -0.655. The van der Waals surface area contributed by atoms with E-state index in [1.54, 1.807) is 0 Å². The molecule has 0 saturated heterocycles. The zero-order valence-corrected chi connectivity index (χ0v) is 24.7. The van der Waals surface area contributed by atoms with Crippen LogP contribution in [0.4, 0.5) is 0 Å². The molecule has 3 fully saturated rings.